The molecule has 2 aliphatic heterocycles. The summed E-state index contributed by atoms with van der Waals surface area (Å²) in [4.78, 5) is 41.9. The van der Waals surface area contributed by atoms with Crippen molar-refractivity contribution in [1.29, 1.82) is 0 Å². The van der Waals surface area contributed by atoms with Crippen LogP contribution in [0.15, 0.2) is 30.3 Å². The molecule has 0 bridgehead atoms. The van der Waals surface area contributed by atoms with Crippen LogP contribution in [0.2, 0.25) is 6.32 Å². The number of carbonyl (C=O) groups excluding carboxylic acids is 3. The number of amides is 2. The smallest absolute Gasteiger partial charge is 0.457 e. The number of hydrogen-bond acceptors (Lipinski definition) is 7. The third-order valence-corrected chi connectivity index (χ3v) is 8.88. The number of nitrogens with one attached hydrogen (secondary N) is 1. The Balaban J connectivity index is 1.82. The first kappa shape index (κ1) is 34.9. The number of unbranched alkanes of at least 4 members (excludes halogenated alkanes) is 2. The highest BCUT2D eigenvalue weighted by molar-refractivity contribution is 6.45. The van der Waals surface area contributed by atoms with Crippen molar-refractivity contribution in [3.05, 3.63) is 35.9 Å². The maximum atomic E-state index is 14.1. The molecule has 9 nitrogen and oxygen atoms in total. The lowest BCUT2D eigenvalue weighted by Crippen LogP contribution is -2.64. The Morgan fingerprint density at radius 2 is 1.70 bits per heavy atom. The van der Waals surface area contributed by atoms with Gasteiger partial charge in [-0.25, -0.2) is 9.59 Å². The highest BCUT2D eigenvalue weighted by Crippen LogP contribution is 2.39. The van der Waals surface area contributed by atoms with E-state index in [-0.39, 0.29) is 51.2 Å². The molecule has 0 aromatic heterocycles. The maximum Gasteiger partial charge on any atom is 0.457 e. The average Bonchev–Trinajstić information content (AvgIpc) is 3.15. The van der Waals surface area contributed by atoms with Crippen LogP contribution < -0.4 is 5.32 Å². The van der Waals surface area contributed by atoms with E-state index in [9.17, 15) is 14.4 Å². The number of benzene rings is 1. The van der Waals surface area contributed by atoms with Crippen LogP contribution in [0.5, 0.6) is 0 Å². The van der Waals surface area contributed by atoms with E-state index < -0.39 is 28.8 Å². The van der Waals surface area contributed by atoms with E-state index in [0.29, 0.717) is 32.0 Å². The zero-order valence-corrected chi connectivity index (χ0v) is 27.4. The molecular formula is C33H53BN2O7. The van der Waals surface area contributed by atoms with E-state index in [0.717, 1.165) is 24.8 Å². The van der Waals surface area contributed by atoms with Gasteiger partial charge in [0.25, 0.3) is 0 Å². The summed E-state index contributed by atoms with van der Waals surface area (Å²) >= 11 is 0. The van der Waals surface area contributed by atoms with Crippen molar-refractivity contribution < 1.29 is 33.2 Å². The molecule has 2 amide bonds. The summed E-state index contributed by atoms with van der Waals surface area (Å²) in [5.41, 5.74) is -1.24. The van der Waals surface area contributed by atoms with Crippen LogP contribution in [0.25, 0.3) is 0 Å². The van der Waals surface area contributed by atoms with Crippen molar-refractivity contribution in [2.75, 3.05) is 13.2 Å². The largest absolute Gasteiger partial charge is 0.459 e. The standard InChI is InChI=1S/C33H53BN2O7/c1-8-9-21-40-30(39)36-20-17-27(35-28(37)22-25(2)3)23-33(36,29(38)41-24-26-15-11-10-12-16-26)18-13-14-19-34-42-31(4,5)32(6,7)43-34/h10-12,15-16,25,27H,8-9,13-14,17-24H2,1-7H3,(H,35,37)/t27?,33-/m1/s1. The van der Waals surface area contributed by atoms with E-state index in [4.69, 9.17) is 18.8 Å². The first-order chi connectivity index (χ1) is 20.3. The SMILES string of the molecule is CCCCOC(=O)N1CCC(NC(=O)CC(C)C)C[C@]1(CCCCB1OC(C)(C)C(C)(C)O1)C(=O)OCc1ccccc1. The van der Waals surface area contributed by atoms with Gasteiger partial charge in [-0.15, -0.1) is 0 Å². The van der Waals surface area contributed by atoms with Crippen LogP contribution in [0.3, 0.4) is 0 Å². The van der Waals surface area contributed by atoms with Gasteiger partial charge in [0.1, 0.15) is 12.1 Å². The summed E-state index contributed by atoms with van der Waals surface area (Å²) in [7, 11) is -0.337. The number of piperidine rings is 1. The lowest BCUT2D eigenvalue weighted by Gasteiger charge is -2.47. The quantitative estimate of drug-likeness (QED) is 0.152. The Morgan fingerprint density at radius 1 is 1.02 bits per heavy atom. The minimum atomic E-state index is -1.28. The zero-order valence-electron chi connectivity index (χ0n) is 27.4. The lowest BCUT2D eigenvalue weighted by atomic mass is 9.77. The molecule has 1 aromatic rings. The van der Waals surface area contributed by atoms with Crippen LogP contribution in [0.1, 0.15) is 105 Å². The maximum absolute atomic E-state index is 14.1. The fraction of sp³-hybridized carbons (Fsp3) is 0.727. The van der Waals surface area contributed by atoms with Gasteiger partial charge in [0.2, 0.25) is 5.91 Å². The van der Waals surface area contributed by atoms with Crippen LogP contribution in [-0.2, 0) is 35.0 Å². The van der Waals surface area contributed by atoms with Crippen molar-refractivity contribution in [2.24, 2.45) is 5.92 Å². The Morgan fingerprint density at radius 3 is 2.33 bits per heavy atom. The summed E-state index contributed by atoms with van der Waals surface area (Å²) in [6.07, 6.45) is 4.73. The van der Waals surface area contributed by atoms with Crippen molar-refractivity contribution in [3.63, 3.8) is 0 Å². The normalized spacial score (nSPS) is 22.8. The van der Waals surface area contributed by atoms with Crippen LogP contribution >= 0.6 is 0 Å². The van der Waals surface area contributed by atoms with Gasteiger partial charge in [-0.3, -0.25) is 9.69 Å². The molecule has 2 saturated heterocycles. The first-order valence-corrected chi connectivity index (χ1v) is 16.1. The molecule has 1 N–H and O–H groups in total. The van der Waals surface area contributed by atoms with Gasteiger partial charge < -0.3 is 24.1 Å². The fourth-order valence-electron chi connectivity index (χ4n) is 5.75. The van der Waals surface area contributed by atoms with Crippen LogP contribution in [-0.4, -0.2) is 65.9 Å². The van der Waals surface area contributed by atoms with E-state index in [1.165, 1.54) is 0 Å². The van der Waals surface area contributed by atoms with Crippen molar-refractivity contribution in [1.82, 2.24) is 10.2 Å². The summed E-state index contributed by atoms with van der Waals surface area (Å²) in [6, 6.07) is 9.24. The van der Waals surface area contributed by atoms with Gasteiger partial charge >= 0.3 is 19.2 Å². The van der Waals surface area contributed by atoms with Crippen LogP contribution in [0, 0.1) is 5.92 Å². The third-order valence-electron chi connectivity index (χ3n) is 8.88. The number of ether oxygens (including phenoxy) is 2. The molecule has 0 aliphatic carbocycles. The van der Waals surface area contributed by atoms with Gasteiger partial charge in [-0.1, -0.05) is 70.4 Å². The van der Waals surface area contributed by atoms with E-state index in [2.05, 4.69) is 5.32 Å². The molecule has 0 radical (unpaired) electrons. The topological polar surface area (TPSA) is 103 Å². The molecule has 240 valence electrons. The molecule has 0 saturated carbocycles. The predicted molar refractivity (Wildman–Crippen MR) is 167 cm³/mol. The van der Waals surface area contributed by atoms with Crippen molar-refractivity contribution in [2.45, 2.75) is 136 Å². The molecule has 3 rings (SSSR count). The molecule has 2 fully saturated rings. The molecule has 1 unspecified atom stereocenters. The molecule has 10 heteroatoms. The Kier molecular flexibility index (Phi) is 12.5. The Hall–Kier alpha value is -2.59. The molecule has 1 aromatic carbocycles. The van der Waals surface area contributed by atoms with Gasteiger partial charge in [0.05, 0.1) is 17.8 Å². The fourth-order valence-corrected chi connectivity index (χ4v) is 5.75. The Bertz CT molecular complexity index is 1050. The number of carbonyl (C=O) groups is 3. The molecule has 0 spiro atoms. The number of rotatable bonds is 14. The number of hydrogen-bond donors (Lipinski definition) is 1. The summed E-state index contributed by atoms with van der Waals surface area (Å²) in [5, 5.41) is 3.13. The molecule has 2 heterocycles. The van der Waals surface area contributed by atoms with Gasteiger partial charge in [-0.2, -0.15) is 0 Å². The highest BCUT2D eigenvalue weighted by atomic mass is 16.7. The molecular weight excluding hydrogens is 547 g/mol. The number of likely N-dealkylation sites (tertiary alicyclic amines) is 1. The van der Waals surface area contributed by atoms with Crippen molar-refractivity contribution >= 4 is 25.1 Å². The molecule has 2 atom stereocenters. The highest BCUT2D eigenvalue weighted by Gasteiger charge is 2.53. The minimum absolute atomic E-state index is 0.0497. The lowest BCUT2D eigenvalue weighted by molar-refractivity contribution is -0.163. The third kappa shape index (κ3) is 9.45. The zero-order chi connectivity index (χ0) is 31.7. The van der Waals surface area contributed by atoms with Gasteiger partial charge in [-0.05, 0) is 64.8 Å². The van der Waals surface area contributed by atoms with E-state index in [1.807, 2.05) is 78.8 Å². The van der Waals surface area contributed by atoms with Crippen LogP contribution in [0.4, 0.5) is 4.79 Å². The minimum Gasteiger partial charge on any atom is -0.459 e. The Labute approximate surface area is 258 Å². The van der Waals surface area contributed by atoms with E-state index in [1.54, 1.807) is 4.90 Å². The second-order valence-electron chi connectivity index (χ2n) is 13.5. The summed E-state index contributed by atoms with van der Waals surface area (Å²) in [5.74, 6) is -0.308. The monoisotopic (exact) mass is 600 g/mol. The second kappa shape index (κ2) is 15.4. The molecule has 43 heavy (non-hydrogen) atoms. The van der Waals surface area contributed by atoms with Gasteiger partial charge in [0, 0.05) is 25.4 Å². The van der Waals surface area contributed by atoms with Gasteiger partial charge in [0.15, 0.2) is 0 Å². The number of esters is 1. The van der Waals surface area contributed by atoms with E-state index >= 15 is 0 Å². The summed E-state index contributed by atoms with van der Waals surface area (Å²) < 4.78 is 23.9. The van der Waals surface area contributed by atoms with Crippen molar-refractivity contribution in [3.8, 4) is 0 Å². The first-order valence-electron chi connectivity index (χ1n) is 16.1. The number of nitrogens with zero attached hydrogens (tertiary/aromatic N) is 1. The predicted octanol–water partition coefficient (Wildman–Crippen LogP) is 6.29. The second-order valence-corrected chi connectivity index (χ2v) is 13.5. The molecule has 2 aliphatic rings. The summed E-state index contributed by atoms with van der Waals surface area (Å²) in [6.45, 7) is 14.8. The average molecular weight is 601 g/mol.